The van der Waals surface area contributed by atoms with Crippen molar-refractivity contribution in [1.29, 1.82) is 0 Å². The number of esters is 2. The number of hydrogen-bond donors (Lipinski definition) is 0. The Hall–Kier alpha value is -2.24. The van der Waals surface area contributed by atoms with Gasteiger partial charge in [0.25, 0.3) is 0 Å². The third-order valence-electron chi connectivity index (χ3n) is 7.74. The zero-order valence-electron chi connectivity index (χ0n) is 19.1. The van der Waals surface area contributed by atoms with Crippen LogP contribution in [0.4, 0.5) is 0 Å². The van der Waals surface area contributed by atoms with Gasteiger partial charge in [-0.1, -0.05) is 13.8 Å². The van der Waals surface area contributed by atoms with E-state index < -0.39 is 10.8 Å². The molecule has 170 valence electrons. The Morgan fingerprint density at radius 2 is 1.35 bits per heavy atom. The molecule has 6 heteroatoms. The molecule has 0 spiro atoms. The molecule has 0 saturated heterocycles. The minimum Gasteiger partial charge on any atom is -0.468 e. The van der Waals surface area contributed by atoms with Gasteiger partial charge in [0.15, 0.2) is 11.6 Å². The summed E-state index contributed by atoms with van der Waals surface area (Å²) in [6, 6.07) is 0. The molecule has 0 bridgehead atoms. The second-order valence-corrected chi connectivity index (χ2v) is 9.34. The van der Waals surface area contributed by atoms with Crippen LogP contribution in [0.5, 0.6) is 0 Å². The van der Waals surface area contributed by atoms with Gasteiger partial charge in [-0.2, -0.15) is 0 Å². The number of fused-ring (bicyclic) bond motifs is 2. The average Bonchev–Trinajstić information content (AvgIpc) is 3.34. The predicted octanol–water partition coefficient (Wildman–Crippen LogP) is 4.12. The van der Waals surface area contributed by atoms with Crippen LogP contribution in [-0.2, 0) is 28.7 Å². The SMILES string of the molecule is CCOC(=O)C12CCCC1=CC(=O)CC2C.COC(=O)C12CCCC1=CC(=O)CC2C. The number of hydrogen-bond acceptors (Lipinski definition) is 6. The molecule has 4 unspecified atom stereocenters. The number of ether oxygens (including phenoxy) is 2. The first kappa shape index (κ1) is 23.4. The molecular weight excluding hydrogens is 396 g/mol. The van der Waals surface area contributed by atoms with Gasteiger partial charge in [0.2, 0.25) is 0 Å². The van der Waals surface area contributed by atoms with E-state index in [0.717, 1.165) is 49.7 Å². The summed E-state index contributed by atoms with van der Waals surface area (Å²) >= 11 is 0. The van der Waals surface area contributed by atoms with Gasteiger partial charge in [-0.15, -0.1) is 0 Å². The average molecular weight is 431 g/mol. The van der Waals surface area contributed by atoms with Crippen LogP contribution >= 0.6 is 0 Å². The second-order valence-electron chi connectivity index (χ2n) is 9.34. The number of carbonyl (C=O) groups excluding carboxylic acids is 4. The molecule has 0 radical (unpaired) electrons. The highest BCUT2D eigenvalue weighted by molar-refractivity contribution is 5.96. The lowest BCUT2D eigenvalue weighted by atomic mass is 9.67. The summed E-state index contributed by atoms with van der Waals surface area (Å²) in [6.07, 6.45) is 9.68. The Morgan fingerprint density at radius 3 is 1.77 bits per heavy atom. The van der Waals surface area contributed by atoms with Crippen LogP contribution in [0.2, 0.25) is 0 Å². The van der Waals surface area contributed by atoms with Crippen LogP contribution in [0.25, 0.3) is 0 Å². The van der Waals surface area contributed by atoms with Crippen molar-refractivity contribution < 1.29 is 28.7 Å². The molecule has 4 atom stereocenters. The van der Waals surface area contributed by atoms with Gasteiger partial charge in [0.1, 0.15) is 0 Å². The van der Waals surface area contributed by atoms with E-state index in [-0.39, 0.29) is 35.3 Å². The number of methoxy groups -OCH3 is 1. The zero-order chi connectivity index (χ0) is 22.8. The van der Waals surface area contributed by atoms with E-state index in [1.54, 1.807) is 12.2 Å². The molecular formula is C25H34O6. The van der Waals surface area contributed by atoms with Crippen LogP contribution in [-0.4, -0.2) is 37.2 Å². The second kappa shape index (κ2) is 9.09. The number of carbonyl (C=O) groups is 4. The van der Waals surface area contributed by atoms with Crippen molar-refractivity contribution >= 4 is 23.5 Å². The van der Waals surface area contributed by atoms with Crippen molar-refractivity contribution in [3.8, 4) is 0 Å². The first-order valence-electron chi connectivity index (χ1n) is 11.5. The van der Waals surface area contributed by atoms with E-state index in [4.69, 9.17) is 9.47 Å². The van der Waals surface area contributed by atoms with Crippen molar-refractivity contribution in [2.75, 3.05) is 13.7 Å². The summed E-state index contributed by atoms with van der Waals surface area (Å²) in [5.74, 6) is 0.190. The lowest BCUT2D eigenvalue weighted by Crippen LogP contribution is -2.41. The highest BCUT2D eigenvalue weighted by atomic mass is 16.5. The molecule has 2 fully saturated rings. The highest BCUT2D eigenvalue weighted by Gasteiger charge is 2.53. The van der Waals surface area contributed by atoms with Crippen LogP contribution in [0.1, 0.15) is 72.1 Å². The lowest BCUT2D eigenvalue weighted by molar-refractivity contribution is -0.156. The lowest BCUT2D eigenvalue weighted by Gasteiger charge is -2.36. The quantitative estimate of drug-likeness (QED) is 0.626. The van der Waals surface area contributed by atoms with Gasteiger partial charge in [-0.05, 0) is 80.6 Å². The highest BCUT2D eigenvalue weighted by Crippen LogP contribution is 2.53. The fourth-order valence-corrected chi connectivity index (χ4v) is 6.18. The van der Waals surface area contributed by atoms with Crippen molar-refractivity contribution in [1.82, 2.24) is 0 Å². The molecule has 0 amide bonds. The van der Waals surface area contributed by atoms with Crippen LogP contribution in [0.3, 0.4) is 0 Å². The van der Waals surface area contributed by atoms with Crippen LogP contribution < -0.4 is 0 Å². The Morgan fingerprint density at radius 1 is 0.903 bits per heavy atom. The number of rotatable bonds is 3. The number of ketones is 2. The molecule has 0 aromatic heterocycles. The fourth-order valence-electron chi connectivity index (χ4n) is 6.18. The molecule has 0 aromatic rings. The molecule has 4 rings (SSSR count). The Bertz CT molecular complexity index is 837. The van der Waals surface area contributed by atoms with Crippen molar-refractivity contribution in [2.45, 2.75) is 72.1 Å². The van der Waals surface area contributed by atoms with E-state index in [2.05, 4.69) is 0 Å². The maximum Gasteiger partial charge on any atom is 0.316 e. The van der Waals surface area contributed by atoms with Gasteiger partial charge in [-0.3, -0.25) is 19.2 Å². The minimum atomic E-state index is -0.483. The number of allylic oxidation sites excluding steroid dienone is 2. The summed E-state index contributed by atoms with van der Waals surface area (Å²) in [4.78, 5) is 47.0. The van der Waals surface area contributed by atoms with Gasteiger partial charge < -0.3 is 9.47 Å². The third kappa shape index (κ3) is 3.90. The molecule has 0 heterocycles. The van der Waals surface area contributed by atoms with E-state index >= 15 is 0 Å². The first-order chi connectivity index (χ1) is 14.7. The molecule has 0 N–H and O–H groups in total. The Balaban J connectivity index is 0.000000176. The maximum absolute atomic E-state index is 12.1. The molecule has 2 saturated carbocycles. The summed E-state index contributed by atoms with van der Waals surface area (Å²) in [5.41, 5.74) is 1.04. The van der Waals surface area contributed by atoms with Gasteiger partial charge >= 0.3 is 11.9 Å². The van der Waals surface area contributed by atoms with Crippen LogP contribution in [0.15, 0.2) is 23.3 Å². The summed E-state index contributed by atoms with van der Waals surface area (Å²) < 4.78 is 10.1. The van der Waals surface area contributed by atoms with Crippen molar-refractivity contribution in [3.63, 3.8) is 0 Å². The summed E-state index contributed by atoms with van der Waals surface area (Å²) in [5, 5.41) is 0. The third-order valence-corrected chi connectivity index (χ3v) is 7.74. The smallest absolute Gasteiger partial charge is 0.316 e. The summed E-state index contributed by atoms with van der Waals surface area (Å²) in [7, 11) is 1.43. The Labute approximate surface area is 184 Å². The molecule has 0 aromatic carbocycles. The van der Waals surface area contributed by atoms with Crippen molar-refractivity contribution in [2.24, 2.45) is 22.7 Å². The molecule has 31 heavy (non-hydrogen) atoms. The van der Waals surface area contributed by atoms with E-state index in [1.807, 2.05) is 20.8 Å². The zero-order valence-corrected chi connectivity index (χ0v) is 19.1. The normalized spacial score (nSPS) is 33.9. The van der Waals surface area contributed by atoms with Crippen LogP contribution in [0, 0.1) is 22.7 Å². The summed E-state index contributed by atoms with van der Waals surface area (Å²) in [6.45, 7) is 6.21. The standard InChI is InChI=1S/C13H18O3.C12H16O3/c1-3-16-12(15)13-6-4-5-10(13)8-11(14)7-9(13)2;1-8-6-10(13)7-9-4-3-5-12(8,9)11(14)15-2/h8-9H,3-7H2,1-2H3;7-8H,3-6H2,1-2H3. The molecule has 4 aliphatic rings. The van der Waals surface area contributed by atoms with E-state index in [9.17, 15) is 19.2 Å². The minimum absolute atomic E-state index is 0.0833. The molecule has 0 aliphatic heterocycles. The van der Waals surface area contributed by atoms with E-state index in [0.29, 0.717) is 19.4 Å². The molecule has 4 aliphatic carbocycles. The first-order valence-corrected chi connectivity index (χ1v) is 11.5. The maximum atomic E-state index is 12.1. The predicted molar refractivity (Wildman–Crippen MR) is 115 cm³/mol. The largest absolute Gasteiger partial charge is 0.468 e. The van der Waals surface area contributed by atoms with Crippen molar-refractivity contribution in [3.05, 3.63) is 23.3 Å². The Kier molecular flexibility index (Phi) is 6.87. The topological polar surface area (TPSA) is 86.7 Å². The van der Waals surface area contributed by atoms with Gasteiger partial charge in [0.05, 0.1) is 24.5 Å². The van der Waals surface area contributed by atoms with E-state index in [1.165, 1.54) is 7.11 Å². The monoisotopic (exact) mass is 430 g/mol. The fraction of sp³-hybridized carbons (Fsp3) is 0.680. The van der Waals surface area contributed by atoms with Gasteiger partial charge in [-0.25, -0.2) is 0 Å². The van der Waals surface area contributed by atoms with Gasteiger partial charge in [0, 0.05) is 12.8 Å². The molecule has 6 nitrogen and oxygen atoms in total.